The highest BCUT2D eigenvalue weighted by Gasteiger charge is 2.16. The summed E-state index contributed by atoms with van der Waals surface area (Å²) in [4.78, 5) is 11.4. The molecule has 0 saturated carbocycles. The normalized spacial score (nSPS) is 10.9. The van der Waals surface area contributed by atoms with Crippen molar-refractivity contribution in [3.63, 3.8) is 0 Å². The zero-order chi connectivity index (χ0) is 19.2. The van der Waals surface area contributed by atoms with E-state index in [2.05, 4.69) is 68.9 Å². The van der Waals surface area contributed by atoms with Gasteiger partial charge in [-0.3, -0.25) is 9.89 Å². The van der Waals surface area contributed by atoms with Gasteiger partial charge in [-0.15, -0.1) is 0 Å². The quantitative estimate of drug-likeness (QED) is 0.520. The first-order valence-corrected chi connectivity index (χ1v) is 9.49. The van der Waals surface area contributed by atoms with Crippen molar-refractivity contribution in [3.05, 3.63) is 106 Å². The van der Waals surface area contributed by atoms with Gasteiger partial charge in [0.05, 0.1) is 11.4 Å². The first-order valence-electron chi connectivity index (χ1n) is 9.49. The van der Waals surface area contributed by atoms with E-state index in [4.69, 9.17) is 0 Å². The zero-order valence-electron chi connectivity index (χ0n) is 15.6. The highest BCUT2D eigenvalue weighted by atomic mass is 16.1. The average molecular weight is 370 g/mol. The van der Waals surface area contributed by atoms with E-state index in [9.17, 15) is 4.79 Å². The molecule has 0 amide bonds. The minimum Gasteiger partial charge on any atom is -0.282 e. The zero-order valence-corrected chi connectivity index (χ0v) is 15.6. The Labute approximate surface area is 163 Å². The molecule has 5 nitrogen and oxygen atoms in total. The monoisotopic (exact) mass is 370 g/mol. The first-order chi connectivity index (χ1) is 13.8. The van der Waals surface area contributed by atoms with Gasteiger partial charge in [0.25, 0.3) is 5.56 Å². The fourth-order valence-electron chi connectivity index (χ4n) is 3.39. The predicted molar refractivity (Wildman–Crippen MR) is 110 cm³/mol. The number of hydrogen-bond acceptors (Lipinski definition) is 3. The van der Waals surface area contributed by atoms with Crippen LogP contribution in [-0.2, 0) is 25.7 Å². The standard InChI is InChI=1S/C23H22N4O/c28-22-16-15-21(26-27-22)23-19(13-11-17-7-3-1-4-8-17)24-25-20(23)14-12-18-9-5-2-6-10-18/h1-10,15-16H,11-14H2,(H,24,25)(H,27,28). The van der Waals surface area contributed by atoms with E-state index in [-0.39, 0.29) is 5.56 Å². The van der Waals surface area contributed by atoms with E-state index in [0.717, 1.165) is 48.3 Å². The maximum Gasteiger partial charge on any atom is 0.264 e. The molecule has 0 atom stereocenters. The van der Waals surface area contributed by atoms with Crippen LogP contribution in [0.15, 0.2) is 77.6 Å². The highest BCUT2D eigenvalue weighted by Crippen LogP contribution is 2.26. The number of H-pyrrole nitrogens is 2. The van der Waals surface area contributed by atoms with Crippen molar-refractivity contribution < 1.29 is 0 Å². The van der Waals surface area contributed by atoms with E-state index in [0.29, 0.717) is 0 Å². The second-order valence-corrected chi connectivity index (χ2v) is 6.80. The molecule has 5 heteroatoms. The molecule has 28 heavy (non-hydrogen) atoms. The maximum atomic E-state index is 11.4. The molecule has 140 valence electrons. The molecule has 4 rings (SSSR count). The molecular formula is C23H22N4O. The first kappa shape index (κ1) is 17.9. The fraction of sp³-hybridized carbons (Fsp3) is 0.174. The lowest BCUT2D eigenvalue weighted by molar-refractivity contribution is 0.867. The number of aryl methyl sites for hydroxylation is 4. The molecule has 0 aliphatic heterocycles. The van der Waals surface area contributed by atoms with Crippen molar-refractivity contribution in [2.75, 3.05) is 0 Å². The van der Waals surface area contributed by atoms with Gasteiger partial charge in [0.1, 0.15) is 0 Å². The summed E-state index contributed by atoms with van der Waals surface area (Å²) < 4.78 is 0. The third-order valence-electron chi connectivity index (χ3n) is 4.85. The van der Waals surface area contributed by atoms with Gasteiger partial charge in [-0.05, 0) is 42.9 Å². The summed E-state index contributed by atoms with van der Waals surface area (Å²) in [5.41, 5.74) is 6.13. The smallest absolute Gasteiger partial charge is 0.264 e. The van der Waals surface area contributed by atoms with Crippen molar-refractivity contribution in [2.45, 2.75) is 25.7 Å². The van der Waals surface area contributed by atoms with Crippen LogP contribution in [0.2, 0.25) is 0 Å². The molecular weight excluding hydrogens is 348 g/mol. The Morgan fingerprint density at radius 3 is 1.89 bits per heavy atom. The van der Waals surface area contributed by atoms with Gasteiger partial charge in [0.2, 0.25) is 0 Å². The second kappa shape index (κ2) is 8.48. The largest absolute Gasteiger partial charge is 0.282 e. The van der Waals surface area contributed by atoms with E-state index in [1.807, 2.05) is 12.1 Å². The molecule has 0 fully saturated rings. The molecule has 0 aliphatic carbocycles. The fourth-order valence-corrected chi connectivity index (χ4v) is 3.39. The summed E-state index contributed by atoms with van der Waals surface area (Å²) in [5, 5.41) is 14.6. The lowest BCUT2D eigenvalue weighted by Gasteiger charge is -2.06. The molecule has 0 radical (unpaired) electrons. The number of nitrogens with zero attached hydrogens (tertiary/aromatic N) is 2. The van der Waals surface area contributed by atoms with Gasteiger partial charge in [-0.2, -0.15) is 10.2 Å². The third-order valence-corrected chi connectivity index (χ3v) is 4.85. The lowest BCUT2D eigenvalue weighted by atomic mass is 9.99. The van der Waals surface area contributed by atoms with E-state index < -0.39 is 0 Å². The number of rotatable bonds is 7. The van der Waals surface area contributed by atoms with Crippen LogP contribution in [0.3, 0.4) is 0 Å². The van der Waals surface area contributed by atoms with Crippen molar-refractivity contribution in [3.8, 4) is 11.3 Å². The van der Waals surface area contributed by atoms with E-state index >= 15 is 0 Å². The number of aromatic nitrogens is 4. The van der Waals surface area contributed by atoms with Gasteiger partial charge in [-0.1, -0.05) is 60.7 Å². The maximum absolute atomic E-state index is 11.4. The summed E-state index contributed by atoms with van der Waals surface area (Å²) in [5.74, 6) is 0. The van der Waals surface area contributed by atoms with Gasteiger partial charge in [0.15, 0.2) is 0 Å². The molecule has 0 unspecified atom stereocenters. The van der Waals surface area contributed by atoms with Crippen LogP contribution in [0, 0.1) is 0 Å². The minimum atomic E-state index is -0.205. The molecule has 2 N–H and O–H groups in total. The average Bonchev–Trinajstić information content (AvgIpc) is 3.16. The van der Waals surface area contributed by atoms with Crippen LogP contribution in [-0.4, -0.2) is 20.4 Å². The summed E-state index contributed by atoms with van der Waals surface area (Å²) in [6.45, 7) is 0. The SMILES string of the molecule is O=c1ccc(-c2c(CCc3ccccc3)n[nH]c2CCc2ccccc2)n[nH]1. The lowest BCUT2D eigenvalue weighted by Crippen LogP contribution is -2.07. The summed E-state index contributed by atoms with van der Waals surface area (Å²) in [7, 11) is 0. The molecule has 0 bridgehead atoms. The molecule has 0 aliphatic rings. The van der Waals surface area contributed by atoms with Crippen LogP contribution in [0.5, 0.6) is 0 Å². The Morgan fingerprint density at radius 1 is 0.643 bits per heavy atom. The van der Waals surface area contributed by atoms with E-state index in [1.54, 1.807) is 6.07 Å². The Bertz CT molecular complexity index is 1000. The van der Waals surface area contributed by atoms with Crippen LogP contribution in [0.1, 0.15) is 22.5 Å². The molecule has 2 aromatic carbocycles. The van der Waals surface area contributed by atoms with Crippen LogP contribution in [0.4, 0.5) is 0 Å². The highest BCUT2D eigenvalue weighted by molar-refractivity contribution is 5.64. The minimum absolute atomic E-state index is 0.205. The van der Waals surface area contributed by atoms with Crippen LogP contribution in [0.25, 0.3) is 11.3 Å². The summed E-state index contributed by atoms with van der Waals surface area (Å²) >= 11 is 0. The Kier molecular flexibility index (Phi) is 5.43. The number of benzene rings is 2. The van der Waals surface area contributed by atoms with Crippen LogP contribution < -0.4 is 5.56 Å². The molecule has 0 saturated heterocycles. The number of nitrogens with one attached hydrogen (secondary N) is 2. The van der Waals surface area contributed by atoms with Gasteiger partial charge in [-0.25, -0.2) is 5.10 Å². The number of aromatic amines is 2. The predicted octanol–water partition coefficient (Wildman–Crippen LogP) is 3.73. The molecule has 0 spiro atoms. The van der Waals surface area contributed by atoms with Gasteiger partial charge >= 0.3 is 0 Å². The van der Waals surface area contributed by atoms with E-state index in [1.165, 1.54) is 17.2 Å². The van der Waals surface area contributed by atoms with Crippen molar-refractivity contribution in [2.24, 2.45) is 0 Å². The van der Waals surface area contributed by atoms with Gasteiger partial charge < -0.3 is 0 Å². The van der Waals surface area contributed by atoms with Crippen molar-refractivity contribution >= 4 is 0 Å². The van der Waals surface area contributed by atoms with Crippen molar-refractivity contribution in [1.82, 2.24) is 20.4 Å². The third kappa shape index (κ3) is 4.26. The molecule has 4 aromatic rings. The Hall–Kier alpha value is -3.47. The molecule has 2 aromatic heterocycles. The topological polar surface area (TPSA) is 74.4 Å². The number of hydrogen-bond donors (Lipinski definition) is 2. The second-order valence-electron chi connectivity index (χ2n) is 6.80. The van der Waals surface area contributed by atoms with Crippen molar-refractivity contribution in [1.29, 1.82) is 0 Å². The summed E-state index contributed by atoms with van der Waals surface area (Å²) in [6, 6.07) is 24.0. The Balaban J connectivity index is 1.61. The summed E-state index contributed by atoms with van der Waals surface area (Å²) in [6.07, 6.45) is 3.46. The van der Waals surface area contributed by atoms with Gasteiger partial charge in [0, 0.05) is 17.3 Å². The molecule has 2 heterocycles. The van der Waals surface area contributed by atoms with Crippen LogP contribution >= 0.6 is 0 Å². The Morgan fingerprint density at radius 2 is 1.29 bits per heavy atom.